The molecule has 1 N–H and O–H groups in total. The second kappa shape index (κ2) is 7.77. The van der Waals surface area contributed by atoms with Crippen molar-refractivity contribution in [3.8, 4) is 11.8 Å². The van der Waals surface area contributed by atoms with E-state index >= 15 is 0 Å². The zero-order valence-corrected chi connectivity index (χ0v) is 19.7. The average molecular weight is 433 g/mol. The summed E-state index contributed by atoms with van der Waals surface area (Å²) in [7, 11) is 0. The van der Waals surface area contributed by atoms with Crippen molar-refractivity contribution in [1.29, 1.82) is 0 Å². The first kappa shape index (κ1) is 21.8. The van der Waals surface area contributed by atoms with Crippen LogP contribution in [-0.4, -0.2) is 22.8 Å². The number of rotatable bonds is 1. The number of esters is 1. The van der Waals surface area contributed by atoms with Gasteiger partial charge in [-0.1, -0.05) is 55.5 Å². The SMILES string of the molecule is CC(=O)O[C@@H]1CC[C@]2(C)C(=CC[C@@H]3[C@H]2CC[C@]2(C)[C@@H]3CC[C@@]2(O)C#Cc2ccccc2)C1. The van der Waals surface area contributed by atoms with Gasteiger partial charge in [-0.2, -0.15) is 0 Å². The number of carbonyl (C=O) groups is 1. The van der Waals surface area contributed by atoms with Crippen molar-refractivity contribution in [2.45, 2.75) is 83.8 Å². The van der Waals surface area contributed by atoms with E-state index < -0.39 is 5.60 Å². The number of benzene rings is 1. The minimum Gasteiger partial charge on any atom is -0.462 e. The highest BCUT2D eigenvalue weighted by Gasteiger charge is 2.63. The van der Waals surface area contributed by atoms with Gasteiger partial charge in [0, 0.05) is 24.3 Å². The van der Waals surface area contributed by atoms with Gasteiger partial charge in [0.1, 0.15) is 11.7 Å². The van der Waals surface area contributed by atoms with Crippen LogP contribution < -0.4 is 0 Å². The summed E-state index contributed by atoms with van der Waals surface area (Å²) in [5, 5.41) is 11.8. The quantitative estimate of drug-likeness (QED) is 0.354. The van der Waals surface area contributed by atoms with Gasteiger partial charge in [-0.15, -0.1) is 0 Å². The Bertz CT molecular complexity index is 985. The summed E-state index contributed by atoms with van der Waals surface area (Å²) in [4.78, 5) is 11.5. The molecular formula is C29H36O3. The summed E-state index contributed by atoms with van der Waals surface area (Å²) in [5.74, 6) is 8.23. The summed E-state index contributed by atoms with van der Waals surface area (Å²) in [5.41, 5.74) is 1.64. The first-order valence-corrected chi connectivity index (χ1v) is 12.4. The Hall–Kier alpha value is -2.05. The second-order valence-electron chi connectivity index (χ2n) is 11.2. The highest BCUT2D eigenvalue weighted by atomic mass is 16.5. The van der Waals surface area contributed by atoms with Crippen LogP contribution in [0.15, 0.2) is 42.0 Å². The van der Waals surface area contributed by atoms with E-state index in [1.54, 1.807) is 0 Å². The third-order valence-corrected chi connectivity index (χ3v) is 9.73. The summed E-state index contributed by atoms with van der Waals surface area (Å²) >= 11 is 0. The smallest absolute Gasteiger partial charge is 0.302 e. The van der Waals surface area contributed by atoms with Gasteiger partial charge in [0.2, 0.25) is 0 Å². The summed E-state index contributed by atoms with van der Waals surface area (Å²) < 4.78 is 5.57. The van der Waals surface area contributed by atoms with E-state index in [0.29, 0.717) is 17.8 Å². The molecule has 3 nitrogen and oxygen atoms in total. The number of aliphatic hydroxyl groups is 1. The zero-order chi connectivity index (χ0) is 22.6. The molecule has 3 heteroatoms. The zero-order valence-electron chi connectivity index (χ0n) is 19.7. The lowest BCUT2D eigenvalue weighted by molar-refractivity contribution is -0.149. The summed E-state index contributed by atoms with van der Waals surface area (Å²) in [6.07, 6.45) is 10.6. The molecule has 3 fully saturated rings. The largest absolute Gasteiger partial charge is 0.462 e. The van der Waals surface area contributed by atoms with Crippen molar-refractivity contribution in [2.75, 3.05) is 0 Å². The van der Waals surface area contributed by atoms with Crippen LogP contribution in [0.1, 0.15) is 77.7 Å². The lowest BCUT2D eigenvalue weighted by atomic mass is 9.47. The van der Waals surface area contributed by atoms with Crippen LogP contribution in [0.5, 0.6) is 0 Å². The molecule has 0 heterocycles. The molecule has 170 valence electrons. The van der Waals surface area contributed by atoms with E-state index in [1.807, 2.05) is 30.3 Å². The van der Waals surface area contributed by atoms with Crippen LogP contribution in [0.4, 0.5) is 0 Å². The lowest BCUT2D eigenvalue weighted by Gasteiger charge is -2.58. The summed E-state index contributed by atoms with van der Waals surface area (Å²) in [6.45, 7) is 6.28. The first-order chi connectivity index (χ1) is 15.3. The standard InChI is InChI=1S/C29H36O3/c1-20(30)32-23-12-15-27(2)22(19-23)9-10-24-25(27)13-16-28(3)26(24)14-18-29(28,31)17-11-21-7-5-4-6-8-21/h4-9,23-26,31H,10,12-16,18-19H2,1-3H3/t23-,24-,25-,26-,27-,28-,29+/m1/s1. The van der Waals surface area contributed by atoms with E-state index in [-0.39, 0.29) is 22.9 Å². The predicted molar refractivity (Wildman–Crippen MR) is 126 cm³/mol. The maximum Gasteiger partial charge on any atom is 0.302 e. The number of carbonyl (C=O) groups excluding carboxylic acids is 1. The van der Waals surface area contributed by atoms with Gasteiger partial charge in [0.05, 0.1) is 0 Å². The number of hydrogen-bond donors (Lipinski definition) is 1. The number of ether oxygens (including phenoxy) is 1. The van der Waals surface area contributed by atoms with E-state index in [9.17, 15) is 9.90 Å². The maximum atomic E-state index is 11.8. The highest BCUT2D eigenvalue weighted by Crippen LogP contribution is 2.67. The van der Waals surface area contributed by atoms with Gasteiger partial charge in [-0.3, -0.25) is 4.79 Å². The molecule has 0 unspecified atom stereocenters. The second-order valence-corrected chi connectivity index (χ2v) is 11.2. The van der Waals surface area contributed by atoms with Gasteiger partial charge in [0.25, 0.3) is 0 Å². The molecule has 7 atom stereocenters. The molecule has 4 aliphatic carbocycles. The molecule has 0 aliphatic heterocycles. The normalized spacial score (nSPS) is 42.4. The van der Waals surface area contributed by atoms with Crippen LogP contribution in [0.2, 0.25) is 0 Å². The van der Waals surface area contributed by atoms with Crippen molar-refractivity contribution in [3.63, 3.8) is 0 Å². The molecule has 1 aromatic carbocycles. The van der Waals surface area contributed by atoms with Crippen LogP contribution in [-0.2, 0) is 9.53 Å². The van der Waals surface area contributed by atoms with Gasteiger partial charge in [-0.05, 0) is 80.2 Å². The number of fused-ring (bicyclic) bond motifs is 5. The Morgan fingerprint density at radius 1 is 1.06 bits per heavy atom. The third-order valence-electron chi connectivity index (χ3n) is 9.73. The molecule has 1 aromatic rings. The molecule has 0 saturated heterocycles. The Labute approximate surface area is 192 Å². The van der Waals surface area contributed by atoms with Crippen molar-refractivity contribution < 1.29 is 14.6 Å². The van der Waals surface area contributed by atoms with Crippen LogP contribution in [0, 0.1) is 40.4 Å². The fourth-order valence-electron chi connectivity index (χ4n) is 7.88. The van der Waals surface area contributed by atoms with Gasteiger partial charge in [-0.25, -0.2) is 0 Å². The van der Waals surface area contributed by atoms with Gasteiger partial charge >= 0.3 is 5.97 Å². The fourth-order valence-corrected chi connectivity index (χ4v) is 7.88. The van der Waals surface area contributed by atoms with Crippen LogP contribution in [0.25, 0.3) is 0 Å². The topological polar surface area (TPSA) is 46.5 Å². The Morgan fingerprint density at radius 2 is 1.81 bits per heavy atom. The molecule has 32 heavy (non-hydrogen) atoms. The molecule has 0 radical (unpaired) electrons. The molecule has 4 aliphatic rings. The van der Waals surface area contributed by atoms with Gasteiger partial charge < -0.3 is 9.84 Å². The molecule has 5 rings (SSSR count). The van der Waals surface area contributed by atoms with Crippen LogP contribution >= 0.6 is 0 Å². The van der Waals surface area contributed by atoms with E-state index in [4.69, 9.17) is 4.74 Å². The lowest BCUT2D eigenvalue weighted by Crippen LogP contribution is -2.54. The maximum absolute atomic E-state index is 11.8. The monoisotopic (exact) mass is 432 g/mol. The Balaban J connectivity index is 1.40. The molecule has 3 saturated carbocycles. The minimum atomic E-state index is -0.906. The van der Waals surface area contributed by atoms with Crippen molar-refractivity contribution >= 4 is 5.97 Å². The van der Waals surface area contributed by atoms with Crippen molar-refractivity contribution in [2.24, 2.45) is 28.6 Å². The van der Waals surface area contributed by atoms with Crippen molar-refractivity contribution in [3.05, 3.63) is 47.5 Å². The predicted octanol–water partition coefficient (Wildman–Crippen LogP) is 5.66. The molecular weight excluding hydrogens is 396 g/mol. The Kier molecular flexibility index (Phi) is 5.29. The molecule has 0 spiro atoms. The van der Waals surface area contributed by atoms with E-state index in [0.717, 1.165) is 56.9 Å². The third kappa shape index (κ3) is 3.34. The first-order valence-electron chi connectivity index (χ1n) is 12.4. The fraction of sp³-hybridized carbons (Fsp3) is 0.621. The van der Waals surface area contributed by atoms with E-state index in [1.165, 1.54) is 12.5 Å². The molecule has 0 aromatic heterocycles. The number of allylic oxidation sites excluding steroid dienone is 1. The average Bonchev–Trinajstić information content (AvgIpc) is 3.04. The number of hydrogen-bond acceptors (Lipinski definition) is 3. The van der Waals surface area contributed by atoms with Crippen LogP contribution in [0.3, 0.4) is 0 Å². The van der Waals surface area contributed by atoms with Gasteiger partial charge in [0.15, 0.2) is 0 Å². The molecule has 0 bridgehead atoms. The molecule has 0 amide bonds. The van der Waals surface area contributed by atoms with E-state index in [2.05, 4.69) is 31.8 Å². The summed E-state index contributed by atoms with van der Waals surface area (Å²) in [6, 6.07) is 10.0. The minimum absolute atomic E-state index is 0.0436. The Morgan fingerprint density at radius 3 is 2.56 bits per heavy atom. The highest BCUT2D eigenvalue weighted by molar-refractivity contribution is 5.66. The van der Waals surface area contributed by atoms with Crippen molar-refractivity contribution in [1.82, 2.24) is 0 Å².